The maximum absolute atomic E-state index is 13.6. The molecular weight excluding hydrogens is 352 g/mol. The number of aromatic nitrogens is 1. The average Bonchev–Trinajstić information content (AvgIpc) is 2.61. The van der Waals surface area contributed by atoms with Gasteiger partial charge in [-0.3, -0.25) is 10.2 Å². The molecule has 0 bridgehead atoms. The van der Waals surface area contributed by atoms with Crippen molar-refractivity contribution >= 4 is 26.8 Å². The van der Waals surface area contributed by atoms with Crippen LogP contribution in [0.2, 0.25) is 0 Å². The van der Waals surface area contributed by atoms with Gasteiger partial charge in [0.05, 0.1) is 5.52 Å². The van der Waals surface area contributed by atoms with Crippen LogP contribution in [0.5, 0.6) is 0 Å². The summed E-state index contributed by atoms with van der Waals surface area (Å²) in [5.74, 6) is -2.91. The van der Waals surface area contributed by atoms with Crippen LogP contribution in [-0.4, -0.2) is 19.3 Å². The van der Waals surface area contributed by atoms with Crippen molar-refractivity contribution in [3.63, 3.8) is 0 Å². The zero-order valence-corrected chi connectivity index (χ0v) is 13.3. The first-order valence-corrected chi connectivity index (χ1v) is 8.48. The Hall–Kier alpha value is -2.91. The van der Waals surface area contributed by atoms with Crippen LogP contribution in [0.15, 0.2) is 59.5 Å². The number of nitrogens with zero attached hydrogens (tertiary/aromatic N) is 1. The molecule has 128 valence electrons. The highest BCUT2D eigenvalue weighted by Gasteiger charge is 2.21. The lowest BCUT2D eigenvalue weighted by molar-refractivity contribution is 0.0940. The minimum atomic E-state index is -4.48. The summed E-state index contributed by atoms with van der Waals surface area (Å²) < 4.78 is 50.7. The highest BCUT2D eigenvalue weighted by molar-refractivity contribution is 7.89. The van der Waals surface area contributed by atoms with E-state index in [1.54, 1.807) is 29.1 Å². The first-order valence-electron chi connectivity index (χ1n) is 7.00. The van der Waals surface area contributed by atoms with Gasteiger partial charge in [-0.2, -0.15) is 0 Å². The summed E-state index contributed by atoms with van der Waals surface area (Å²) in [6, 6.07) is 12.1. The van der Waals surface area contributed by atoms with Crippen LogP contribution in [0, 0.1) is 11.6 Å². The normalized spacial score (nSPS) is 11.4. The second-order valence-corrected chi connectivity index (χ2v) is 6.67. The molecule has 0 saturated carbocycles. The molecule has 0 unspecified atom stereocenters. The molecule has 2 N–H and O–H groups in total. The van der Waals surface area contributed by atoms with E-state index in [9.17, 15) is 22.0 Å². The Kier molecular flexibility index (Phi) is 4.43. The second kappa shape index (κ2) is 6.54. The van der Waals surface area contributed by atoms with Crippen LogP contribution in [0.1, 0.15) is 10.5 Å². The van der Waals surface area contributed by atoms with Crippen LogP contribution in [0.4, 0.5) is 8.78 Å². The molecule has 0 saturated heterocycles. The van der Waals surface area contributed by atoms with Crippen LogP contribution in [0.25, 0.3) is 10.9 Å². The van der Waals surface area contributed by atoms with Gasteiger partial charge in [-0.1, -0.05) is 24.3 Å². The predicted octanol–water partition coefficient (Wildman–Crippen LogP) is 2.14. The maximum Gasteiger partial charge on any atom is 0.284 e. The number of hydrazine groups is 1. The van der Waals surface area contributed by atoms with Gasteiger partial charge in [0.2, 0.25) is 0 Å². The number of rotatable bonds is 4. The quantitative estimate of drug-likeness (QED) is 0.695. The summed E-state index contributed by atoms with van der Waals surface area (Å²) in [5, 5.41) is 0.807. The topological polar surface area (TPSA) is 88.2 Å². The lowest BCUT2D eigenvalue weighted by atomic mass is 10.2. The number of nitrogens with one attached hydrogen (secondary N) is 2. The van der Waals surface area contributed by atoms with E-state index in [4.69, 9.17) is 0 Å². The zero-order chi connectivity index (χ0) is 18.0. The molecule has 1 heterocycles. The van der Waals surface area contributed by atoms with Crippen molar-refractivity contribution in [2.45, 2.75) is 4.90 Å². The Bertz CT molecular complexity index is 1070. The van der Waals surface area contributed by atoms with Crippen LogP contribution in [0.3, 0.4) is 0 Å². The van der Waals surface area contributed by atoms with E-state index in [-0.39, 0.29) is 5.69 Å². The van der Waals surface area contributed by atoms with Crippen molar-refractivity contribution in [2.75, 3.05) is 0 Å². The zero-order valence-electron chi connectivity index (χ0n) is 12.5. The number of amides is 1. The van der Waals surface area contributed by atoms with Crippen molar-refractivity contribution < 1.29 is 22.0 Å². The summed E-state index contributed by atoms with van der Waals surface area (Å²) >= 11 is 0. The Morgan fingerprint density at radius 3 is 2.56 bits per heavy atom. The standard InChI is InChI=1S/C16H11F2N3O3S/c17-11-6-7-12(18)15(9-11)25(23,24)21-20-16(22)14-8-5-10-3-1-2-4-13(10)19-14/h1-9,21H,(H,20,22). The number of halogens is 2. The molecule has 0 radical (unpaired) electrons. The summed E-state index contributed by atoms with van der Waals surface area (Å²) in [6.07, 6.45) is 0. The van der Waals surface area contributed by atoms with Crippen LogP contribution in [-0.2, 0) is 10.0 Å². The van der Waals surface area contributed by atoms with Crippen molar-refractivity contribution in [3.8, 4) is 0 Å². The lowest BCUT2D eigenvalue weighted by Gasteiger charge is -2.09. The molecule has 0 atom stereocenters. The highest BCUT2D eigenvalue weighted by Crippen LogP contribution is 2.15. The molecule has 0 aliphatic heterocycles. The van der Waals surface area contributed by atoms with E-state index < -0.39 is 32.5 Å². The van der Waals surface area contributed by atoms with Gasteiger partial charge in [0.15, 0.2) is 0 Å². The fraction of sp³-hybridized carbons (Fsp3) is 0. The van der Waals surface area contributed by atoms with E-state index in [0.29, 0.717) is 17.6 Å². The third-order valence-electron chi connectivity index (χ3n) is 3.31. The summed E-state index contributed by atoms with van der Waals surface area (Å²) in [5.41, 5.74) is 2.43. The summed E-state index contributed by atoms with van der Waals surface area (Å²) in [6.45, 7) is 0. The van der Waals surface area contributed by atoms with Gasteiger partial charge in [-0.15, -0.1) is 4.83 Å². The molecule has 1 amide bonds. The van der Waals surface area contributed by atoms with Crippen LogP contribution >= 0.6 is 0 Å². The second-order valence-electron chi connectivity index (χ2n) is 5.02. The fourth-order valence-corrected chi connectivity index (χ4v) is 3.04. The SMILES string of the molecule is O=C(NNS(=O)(=O)c1cc(F)ccc1F)c1ccc2ccccc2n1. The predicted molar refractivity (Wildman–Crippen MR) is 85.9 cm³/mol. The Balaban J connectivity index is 1.79. The molecule has 0 aliphatic carbocycles. The van der Waals surface area contributed by atoms with Gasteiger partial charge in [-0.25, -0.2) is 22.2 Å². The van der Waals surface area contributed by atoms with Gasteiger partial charge in [0.25, 0.3) is 15.9 Å². The number of para-hydroxylation sites is 1. The molecule has 6 nitrogen and oxygen atoms in total. The molecule has 9 heteroatoms. The average molecular weight is 363 g/mol. The van der Waals surface area contributed by atoms with Gasteiger partial charge >= 0.3 is 0 Å². The first kappa shape index (κ1) is 16.9. The number of fused-ring (bicyclic) bond motifs is 1. The molecule has 3 aromatic rings. The third-order valence-corrected chi connectivity index (χ3v) is 4.58. The molecule has 0 aliphatic rings. The van der Waals surface area contributed by atoms with Gasteiger partial charge in [0.1, 0.15) is 22.2 Å². The molecule has 0 spiro atoms. The number of pyridine rings is 1. The van der Waals surface area contributed by atoms with Gasteiger partial charge in [-0.05, 0) is 30.3 Å². The van der Waals surface area contributed by atoms with Crippen molar-refractivity contribution in [3.05, 3.63) is 71.9 Å². The molecule has 0 fully saturated rings. The molecule has 3 rings (SSSR count). The molecule has 2 aromatic carbocycles. The number of sulfonamides is 1. The number of carbonyl (C=O) groups is 1. The number of hydrogen-bond acceptors (Lipinski definition) is 4. The number of hydrogen-bond donors (Lipinski definition) is 2. The molecular formula is C16H11F2N3O3S. The summed E-state index contributed by atoms with van der Waals surface area (Å²) in [4.78, 5) is 16.9. The van der Waals surface area contributed by atoms with Crippen LogP contribution < -0.4 is 10.3 Å². The highest BCUT2D eigenvalue weighted by atomic mass is 32.2. The molecule has 1 aromatic heterocycles. The van der Waals surface area contributed by atoms with E-state index in [0.717, 1.165) is 11.5 Å². The monoisotopic (exact) mass is 363 g/mol. The first-order chi connectivity index (χ1) is 11.9. The maximum atomic E-state index is 13.6. The third kappa shape index (κ3) is 3.62. The smallest absolute Gasteiger partial charge is 0.272 e. The van der Waals surface area contributed by atoms with Gasteiger partial charge < -0.3 is 0 Å². The number of carbonyl (C=O) groups excluding carboxylic acids is 1. The fourth-order valence-electron chi connectivity index (χ4n) is 2.11. The van der Waals surface area contributed by atoms with Gasteiger partial charge in [0, 0.05) is 5.39 Å². The number of benzene rings is 2. The van der Waals surface area contributed by atoms with E-state index >= 15 is 0 Å². The Morgan fingerprint density at radius 1 is 1.00 bits per heavy atom. The van der Waals surface area contributed by atoms with E-state index in [1.165, 1.54) is 6.07 Å². The van der Waals surface area contributed by atoms with E-state index in [2.05, 4.69) is 4.98 Å². The van der Waals surface area contributed by atoms with E-state index in [1.807, 2.05) is 11.5 Å². The van der Waals surface area contributed by atoms with Crippen molar-refractivity contribution in [2.24, 2.45) is 0 Å². The minimum absolute atomic E-state index is 0.0406. The largest absolute Gasteiger partial charge is 0.284 e. The Labute approximate surface area is 141 Å². The summed E-state index contributed by atoms with van der Waals surface area (Å²) in [7, 11) is -4.48. The molecule has 25 heavy (non-hydrogen) atoms. The van der Waals surface area contributed by atoms with Crippen molar-refractivity contribution in [1.29, 1.82) is 0 Å². The lowest BCUT2D eigenvalue weighted by Crippen LogP contribution is -2.42. The Morgan fingerprint density at radius 2 is 1.76 bits per heavy atom. The van der Waals surface area contributed by atoms with Crippen molar-refractivity contribution in [1.82, 2.24) is 15.2 Å². The minimum Gasteiger partial charge on any atom is -0.272 e.